The Labute approximate surface area is 121 Å². The van der Waals surface area contributed by atoms with Crippen molar-refractivity contribution in [1.29, 1.82) is 0 Å². The summed E-state index contributed by atoms with van der Waals surface area (Å²) in [6.07, 6.45) is 0. The molecule has 0 amide bonds. The van der Waals surface area contributed by atoms with Crippen molar-refractivity contribution in [2.24, 2.45) is 0 Å². The van der Waals surface area contributed by atoms with Crippen LogP contribution >= 0.6 is 0 Å². The molecule has 2 heteroatoms. The van der Waals surface area contributed by atoms with Crippen molar-refractivity contribution in [3.63, 3.8) is 0 Å². The number of rotatable bonds is 3. The molecule has 0 saturated carbocycles. The second-order valence-electron chi connectivity index (χ2n) is 5.56. The van der Waals surface area contributed by atoms with E-state index < -0.39 is 5.60 Å². The van der Waals surface area contributed by atoms with Gasteiger partial charge in [0.2, 0.25) is 0 Å². The minimum absolute atomic E-state index is 0.754. The van der Waals surface area contributed by atoms with Gasteiger partial charge in [-0.2, -0.15) is 0 Å². The summed E-state index contributed by atoms with van der Waals surface area (Å²) in [4.78, 5) is 0. The molecule has 2 aromatic rings. The largest absolute Gasteiger partial charge is 0.497 e. The molecule has 0 bridgehead atoms. The summed E-state index contributed by atoms with van der Waals surface area (Å²) in [5.74, 6) is 0.754. The minimum atomic E-state index is -1.03. The molecule has 0 radical (unpaired) electrons. The number of hydrogen-bond acceptors (Lipinski definition) is 2. The molecular weight excluding hydrogens is 248 g/mol. The van der Waals surface area contributed by atoms with Crippen molar-refractivity contribution in [2.45, 2.75) is 33.3 Å². The lowest BCUT2D eigenvalue weighted by molar-refractivity contribution is 0.101. The lowest BCUT2D eigenvalue weighted by Gasteiger charge is -2.27. The minimum Gasteiger partial charge on any atom is -0.497 e. The molecular formula is C18H22O2. The van der Waals surface area contributed by atoms with Crippen LogP contribution in [0.2, 0.25) is 0 Å². The van der Waals surface area contributed by atoms with Gasteiger partial charge in [-0.25, -0.2) is 0 Å². The molecule has 0 aliphatic rings. The van der Waals surface area contributed by atoms with Gasteiger partial charge >= 0.3 is 0 Å². The van der Waals surface area contributed by atoms with E-state index in [4.69, 9.17) is 4.74 Å². The molecule has 2 rings (SSSR count). The van der Waals surface area contributed by atoms with Crippen molar-refractivity contribution < 1.29 is 9.84 Å². The maximum Gasteiger partial charge on any atom is 0.119 e. The standard InChI is InChI=1S/C18H22O2/c1-12-9-14(3)17(10-13(12)2)18(4,19)15-7-6-8-16(11-15)20-5/h6-11,19H,1-5H3. The summed E-state index contributed by atoms with van der Waals surface area (Å²) < 4.78 is 5.25. The predicted molar refractivity (Wildman–Crippen MR) is 82.3 cm³/mol. The number of benzene rings is 2. The Balaban J connectivity index is 2.56. The van der Waals surface area contributed by atoms with Crippen molar-refractivity contribution in [3.05, 3.63) is 64.2 Å². The summed E-state index contributed by atoms with van der Waals surface area (Å²) in [6.45, 7) is 8.03. The summed E-state index contributed by atoms with van der Waals surface area (Å²) in [5, 5.41) is 11.0. The molecule has 2 aromatic carbocycles. The van der Waals surface area contributed by atoms with Gasteiger partial charge in [-0.05, 0) is 67.6 Å². The van der Waals surface area contributed by atoms with Crippen LogP contribution in [0.1, 0.15) is 34.7 Å². The quantitative estimate of drug-likeness (QED) is 0.917. The van der Waals surface area contributed by atoms with Gasteiger partial charge in [-0.1, -0.05) is 24.3 Å². The molecule has 1 unspecified atom stereocenters. The average molecular weight is 270 g/mol. The fraction of sp³-hybridized carbons (Fsp3) is 0.333. The second kappa shape index (κ2) is 5.29. The third-order valence-corrected chi connectivity index (χ3v) is 4.00. The van der Waals surface area contributed by atoms with Gasteiger partial charge in [0.1, 0.15) is 11.4 Å². The molecule has 1 atom stereocenters. The predicted octanol–water partition coefficient (Wildman–Crippen LogP) is 3.88. The number of methoxy groups -OCH3 is 1. The summed E-state index contributed by atoms with van der Waals surface area (Å²) in [6, 6.07) is 11.8. The first-order valence-corrected chi connectivity index (χ1v) is 6.81. The first kappa shape index (κ1) is 14.6. The monoisotopic (exact) mass is 270 g/mol. The van der Waals surface area contributed by atoms with E-state index in [1.807, 2.05) is 38.1 Å². The van der Waals surface area contributed by atoms with Gasteiger partial charge in [0.05, 0.1) is 7.11 Å². The molecule has 20 heavy (non-hydrogen) atoms. The Bertz CT molecular complexity index is 627. The zero-order valence-electron chi connectivity index (χ0n) is 12.8. The molecule has 0 saturated heterocycles. The van der Waals surface area contributed by atoms with Gasteiger partial charge in [-0.3, -0.25) is 0 Å². The first-order valence-electron chi connectivity index (χ1n) is 6.81. The maximum atomic E-state index is 11.0. The maximum absolute atomic E-state index is 11.0. The van der Waals surface area contributed by atoms with Crippen LogP contribution in [0, 0.1) is 20.8 Å². The van der Waals surface area contributed by atoms with Gasteiger partial charge < -0.3 is 9.84 Å². The van der Waals surface area contributed by atoms with E-state index in [0.29, 0.717) is 0 Å². The normalized spacial score (nSPS) is 13.9. The van der Waals surface area contributed by atoms with Gasteiger partial charge in [0.25, 0.3) is 0 Å². The first-order chi connectivity index (χ1) is 9.36. The molecule has 1 N–H and O–H groups in total. The Morgan fingerprint density at radius 1 is 0.950 bits per heavy atom. The molecule has 0 heterocycles. The van der Waals surface area contributed by atoms with Crippen LogP contribution < -0.4 is 4.74 Å². The van der Waals surface area contributed by atoms with E-state index in [1.165, 1.54) is 11.1 Å². The Kier molecular flexibility index (Phi) is 3.87. The van der Waals surface area contributed by atoms with Crippen molar-refractivity contribution in [2.75, 3.05) is 7.11 Å². The van der Waals surface area contributed by atoms with Gasteiger partial charge in [0.15, 0.2) is 0 Å². The van der Waals surface area contributed by atoms with Crippen molar-refractivity contribution in [3.8, 4) is 5.75 Å². The van der Waals surface area contributed by atoms with Crippen LogP contribution in [0.15, 0.2) is 36.4 Å². The summed E-state index contributed by atoms with van der Waals surface area (Å²) in [7, 11) is 1.63. The van der Waals surface area contributed by atoms with Crippen LogP contribution in [0.4, 0.5) is 0 Å². The highest BCUT2D eigenvalue weighted by molar-refractivity contribution is 5.45. The summed E-state index contributed by atoms with van der Waals surface area (Å²) >= 11 is 0. The van der Waals surface area contributed by atoms with E-state index in [-0.39, 0.29) is 0 Å². The molecule has 106 valence electrons. The number of aryl methyl sites for hydroxylation is 3. The second-order valence-corrected chi connectivity index (χ2v) is 5.56. The van der Waals surface area contributed by atoms with Crippen LogP contribution in [0.3, 0.4) is 0 Å². The fourth-order valence-electron chi connectivity index (χ4n) is 2.57. The van der Waals surface area contributed by atoms with E-state index in [0.717, 1.165) is 22.4 Å². The van der Waals surface area contributed by atoms with E-state index in [2.05, 4.69) is 26.0 Å². The Morgan fingerprint density at radius 3 is 2.25 bits per heavy atom. The van der Waals surface area contributed by atoms with Crippen LogP contribution in [-0.2, 0) is 5.60 Å². The number of aliphatic hydroxyl groups is 1. The third kappa shape index (κ3) is 2.56. The lowest BCUT2D eigenvalue weighted by Crippen LogP contribution is -2.24. The topological polar surface area (TPSA) is 29.5 Å². The zero-order chi connectivity index (χ0) is 14.9. The third-order valence-electron chi connectivity index (χ3n) is 4.00. The highest BCUT2D eigenvalue weighted by Gasteiger charge is 2.28. The number of hydrogen-bond donors (Lipinski definition) is 1. The van der Waals surface area contributed by atoms with Crippen LogP contribution in [-0.4, -0.2) is 12.2 Å². The Hall–Kier alpha value is -1.80. The van der Waals surface area contributed by atoms with Crippen LogP contribution in [0.5, 0.6) is 5.75 Å². The van der Waals surface area contributed by atoms with E-state index in [9.17, 15) is 5.11 Å². The number of ether oxygens (including phenoxy) is 1. The van der Waals surface area contributed by atoms with E-state index in [1.54, 1.807) is 7.11 Å². The molecule has 2 nitrogen and oxygen atoms in total. The van der Waals surface area contributed by atoms with Gasteiger partial charge in [0, 0.05) is 0 Å². The van der Waals surface area contributed by atoms with Crippen molar-refractivity contribution in [1.82, 2.24) is 0 Å². The molecule has 0 spiro atoms. The smallest absolute Gasteiger partial charge is 0.119 e. The van der Waals surface area contributed by atoms with E-state index >= 15 is 0 Å². The highest BCUT2D eigenvalue weighted by Crippen LogP contribution is 2.34. The van der Waals surface area contributed by atoms with Crippen LogP contribution in [0.25, 0.3) is 0 Å². The molecule has 0 fully saturated rings. The fourth-order valence-corrected chi connectivity index (χ4v) is 2.57. The highest BCUT2D eigenvalue weighted by atomic mass is 16.5. The van der Waals surface area contributed by atoms with Gasteiger partial charge in [-0.15, -0.1) is 0 Å². The lowest BCUT2D eigenvalue weighted by atomic mass is 9.84. The SMILES string of the molecule is COc1cccc(C(C)(O)c2cc(C)c(C)cc2C)c1. The summed E-state index contributed by atoms with van der Waals surface area (Å²) in [5.41, 5.74) is 4.27. The van der Waals surface area contributed by atoms with Crippen molar-refractivity contribution >= 4 is 0 Å². The average Bonchev–Trinajstić information content (AvgIpc) is 2.42. The Morgan fingerprint density at radius 2 is 1.60 bits per heavy atom. The molecule has 0 aliphatic carbocycles. The molecule has 0 aliphatic heterocycles. The molecule has 0 aromatic heterocycles. The zero-order valence-corrected chi connectivity index (χ0v) is 12.8.